The molecule has 3 rings (SSSR count). The van der Waals surface area contributed by atoms with Gasteiger partial charge in [-0.1, -0.05) is 48.0 Å². The molecule has 0 amide bonds. The van der Waals surface area contributed by atoms with Crippen LogP contribution in [0.5, 0.6) is 0 Å². The molecule has 0 aliphatic carbocycles. The average molecular weight is 746 g/mol. The summed E-state index contributed by atoms with van der Waals surface area (Å²) in [7, 11) is 5.24. The van der Waals surface area contributed by atoms with Gasteiger partial charge in [0.15, 0.2) is 12.6 Å². The number of rotatable bonds is 8. The van der Waals surface area contributed by atoms with Gasteiger partial charge in [-0.2, -0.15) is 0 Å². The Hall–Kier alpha value is -1.26. The second-order valence-corrected chi connectivity index (χ2v) is 17.1. The van der Waals surface area contributed by atoms with Crippen LogP contribution >= 0.6 is 0 Å². The second kappa shape index (κ2) is 18.1. The summed E-state index contributed by atoms with van der Waals surface area (Å²) in [6.07, 6.45) is -7.73. The quantitative estimate of drug-likeness (QED) is 0.267. The molecule has 3 aliphatic heterocycles. The zero-order valence-corrected chi connectivity index (χ0v) is 34.1. The number of esters is 1. The molecular weight excluding hydrogens is 674 g/mol. The number of ketones is 1. The Labute approximate surface area is 312 Å². The van der Waals surface area contributed by atoms with Crippen LogP contribution in [0.1, 0.15) is 102 Å². The summed E-state index contributed by atoms with van der Waals surface area (Å²) < 4.78 is 37.7. The Morgan fingerprint density at radius 2 is 1.52 bits per heavy atom. The van der Waals surface area contributed by atoms with Crippen LogP contribution in [0.2, 0.25) is 0 Å². The fourth-order valence-electron chi connectivity index (χ4n) is 8.73. The van der Waals surface area contributed by atoms with Gasteiger partial charge in [0.2, 0.25) is 0 Å². The van der Waals surface area contributed by atoms with Crippen LogP contribution < -0.4 is 0 Å². The third-order valence-electron chi connectivity index (χ3n) is 12.5. The van der Waals surface area contributed by atoms with Crippen molar-refractivity contribution in [3.8, 4) is 0 Å². The third-order valence-corrected chi connectivity index (χ3v) is 12.5. The number of aliphatic hydroxyl groups is 4. The van der Waals surface area contributed by atoms with Gasteiger partial charge < -0.3 is 53.7 Å². The molecule has 304 valence electrons. The molecule has 4 N–H and O–H groups in total. The maximum absolute atomic E-state index is 14.3. The standard InChI is InChI=1S/C39H71NO12/c1-15-19(2)32-23(6)30(42)22(5)29(41)20(3)17-38(10,46)35(52-37-31(43)27(40(12)13)16-21(4)48-37)24(7)33(25(8)36(45)51-32)50-28-18-39(11,47-14)34(44)26(9)49-28/h19-28,30-35,37,42-44,46H,15-18H2,1-14H3/t19?,20-,21-,22+,23-,24+,25-,26+,27+,28+,30-,31-,32-,33+,34+,35-,37+,38-,39-/m1/s1. The van der Waals surface area contributed by atoms with Crippen LogP contribution in [0.25, 0.3) is 0 Å². The largest absolute Gasteiger partial charge is 0.461 e. The van der Waals surface area contributed by atoms with Gasteiger partial charge in [0, 0.05) is 43.2 Å². The number of nitrogens with zero attached hydrogens (tertiary/aromatic N) is 1. The van der Waals surface area contributed by atoms with Gasteiger partial charge >= 0.3 is 5.97 Å². The molecule has 0 aromatic carbocycles. The Balaban J connectivity index is 2.19. The van der Waals surface area contributed by atoms with E-state index in [1.54, 1.807) is 55.4 Å². The fraction of sp³-hybridized carbons (Fsp3) is 0.949. The first-order valence-electron chi connectivity index (χ1n) is 19.3. The molecular formula is C39H71NO12. The van der Waals surface area contributed by atoms with E-state index in [4.69, 9.17) is 28.4 Å². The molecule has 0 radical (unpaired) electrons. The lowest BCUT2D eigenvalue weighted by Crippen LogP contribution is -2.60. The van der Waals surface area contributed by atoms with E-state index in [-0.39, 0.29) is 36.7 Å². The van der Waals surface area contributed by atoms with Gasteiger partial charge in [-0.3, -0.25) is 9.59 Å². The van der Waals surface area contributed by atoms with Crippen molar-refractivity contribution in [3.05, 3.63) is 0 Å². The number of carbonyl (C=O) groups is 2. The molecule has 3 saturated heterocycles. The Morgan fingerprint density at radius 3 is 2.08 bits per heavy atom. The molecule has 1 unspecified atom stereocenters. The summed E-state index contributed by atoms with van der Waals surface area (Å²) in [5.74, 6) is -4.77. The summed E-state index contributed by atoms with van der Waals surface area (Å²) in [5.41, 5.74) is -2.75. The Kier molecular flexibility index (Phi) is 15.7. The predicted molar refractivity (Wildman–Crippen MR) is 194 cm³/mol. The van der Waals surface area contributed by atoms with Gasteiger partial charge in [-0.05, 0) is 67.5 Å². The van der Waals surface area contributed by atoms with E-state index in [0.717, 1.165) is 0 Å². The molecule has 0 aromatic heterocycles. The van der Waals surface area contributed by atoms with E-state index in [1.165, 1.54) is 7.11 Å². The van der Waals surface area contributed by atoms with Crippen molar-refractivity contribution in [2.24, 2.45) is 35.5 Å². The lowest BCUT2D eigenvalue weighted by atomic mass is 9.74. The maximum atomic E-state index is 14.3. The smallest absolute Gasteiger partial charge is 0.311 e. The topological polar surface area (TPSA) is 174 Å². The summed E-state index contributed by atoms with van der Waals surface area (Å²) in [4.78, 5) is 30.1. The van der Waals surface area contributed by atoms with Crippen molar-refractivity contribution >= 4 is 11.8 Å². The highest BCUT2D eigenvalue weighted by atomic mass is 16.7. The van der Waals surface area contributed by atoms with E-state index in [1.807, 2.05) is 39.8 Å². The minimum absolute atomic E-state index is 0.0486. The van der Waals surface area contributed by atoms with Gasteiger partial charge in [0.25, 0.3) is 0 Å². The Bertz CT molecular complexity index is 1170. The molecule has 0 saturated carbocycles. The lowest BCUT2D eigenvalue weighted by Gasteiger charge is -2.49. The van der Waals surface area contributed by atoms with E-state index < -0.39 is 102 Å². The number of hydrogen-bond acceptors (Lipinski definition) is 13. The molecule has 3 heterocycles. The van der Waals surface area contributed by atoms with Crippen LogP contribution in [0.4, 0.5) is 0 Å². The minimum Gasteiger partial charge on any atom is -0.461 e. The lowest BCUT2D eigenvalue weighted by molar-refractivity contribution is -0.317. The minimum atomic E-state index is -1.73. The number of aliphatic hydroxyl groups excluding tert-OH is 3. The van der Waals surface area contributed by atoms with Crippen molar-refractivity contribution in [1.82, 2.24) is 4.90 Å². The van der Waals surface area contributed by atoms with Crippen molar-refractivity contribution < 1.29 is 58.4 Å². The van der Waals surface area contributed by atoms with Gasteiger partial charge in [-0.25, -0.2) is 0 Å². The predicted octanol–water partition coefficient (Wildman–Crippen LogP) is 3.31. The Morgan fingerprint density at radius 1 is 0.904 bits per heavy atom. The molecule has 3 aliphatic rings. The van der Waals surface area contributed by atoms with Crippen LogP contribution in [0.3, 0.4) is 0 Å². The number of Topliss-reactive ketones (excluding diaryl/α,β-unsaturated/α-hetero) is 1. The normalized spacial score (nSPS) is 48.2. The van der Waals surface area contributed by atoms with Crippen molar-refractivity contribution in [2.75, 3.05) is 21.2 Å². The summed E-state index contributed by atoms with van der Waals surface area (Å²) in [5, 5.41) is 46.4. The van der Waals surface area contributed by atoms with Crippen LogP contribution in [0.15, 0.2) is 0 Å². The summed E-state index contributed by atoms with van der Waals surface area (Å²) in [6.45, 7) is 19.6. The highest BCUT2D eigenvalue weighted by molar-refractivity contribution is 5.83. The van der Waals surface area contributed by atoms with E-state index >= 15 is 0 Å². The summed E-state index contributed by atoms with van der Waals surface area (Å²) in [6, 6.07) is -0.300. The number of cyclic esters (lactones) is 1. The third kappa shape index (κ3) is 9.94. The van der Waals surface area contributed by atoms with Gasteiger partial charge in [-0.15, -0.1) is 0 Å². The number of ether oxygens (including phenoxy) is 6. The number of likely N-dealkylation sites (N-methyl/N-ethyl adjacent to an activating group) is 1. The number of carbonyl (C=O) groups excluding carboxylic acids is 2. The molecule has 13 nitrogen and oxygen atoms in total. The zero-order chi connectivity index (χ0) is 39.6. The maximum Gasteiger partial charge on any atom is 0.311 e. The van der Waals surface area contributed by atoms with Crippen molar-refractivity contribution in [1.29, 1.82) is 0 Å². The highest BCUT2D eigenvalue weighted by Gasteiger charge is 2.52. The summed E-state index contributed by atoms with van der Waals surface area (Å²) >= 11 is 0. The molecule has 3 fully saturated rings. The van der Waals surface area contributed by atoms with Crippen LogP contribution in [-0.2, 0) is 38.0 Å². The van der Waals surface area contributed by atoms with Gasteiger partial charge in [0.1, 0.15) is 24.1 Å². The number of methoxy groups -OCH3 is 1. The van der Waals surface area contributed by atoms with Crippen LogP contribution in [-0.4, -0.2) is 137 Å². The first-order valence-corrected chi connectivity index (χ1v) is 19.3. The molecule has 13 heteroatoms. The average Bonchev–Trinajstić information content (AvgIpc) is 3.08. The fourth-order valence-corrected chi connectivity index (χ4v) is 8.73. The molecule has 52 heavy (non-hydrogen) atoms. The van der Waals surface area contributed by atoms with E-state index in [0.29, 0.717) is 12.8 Å². The highest BCUT2D eigenvalue weighted by Crippen LogP contribution is 2.40. The van der Waals surface area contributed by atoms with Gasteiger partial charge in [0.05, 0.1) is 47.6 Å². The van der Waals surface area contributed by atoms with Crippen molar-refractivity contribution in [2.45, 2.75) is 181 Å². The van der Waals surface area contributed by atoms with E-state index in [2.05, 4.69) is 0 Å². The first-order chi connectivity index (χ1) is 24.0. The molecule has 19 atom stereocenters. The second-order valence-electron chi connectivity index (χ2n) is 17.1. The first kappa shape index (κ1) is 45.1. The van der Waals surface area contributed by atoms with Crippen LogP contribution in [0, 0.1) is 35.5 Å². The van der Waals surface area contributed by atoms with E-state index in [9.17, 15) is 30.0 Å². The molecule has 0 aromatic rings. The number of hydrogen-bond donors (Lipinski definition) is 4. The molecule has 0 bridgehead atoms. The SMILES string of the molecule is CCC(C)[C@H]1OC(=O)[C@H](C)[C@@H](O[C@H]2C[C@@](C)(OC)[C@@H](O)[C@H](C)O2)[C@H](C)[C@@H](O[C@@H]2O[C@H](C)C[C@H](N(C)C)[C@H]2O)[C@](C)(O)C[C@@H](C)C(=O)[C@H](C)[C@@H](O)[C@H]1C. The zero-order valence-electron chi connectivity index (χ0n) is 34.1. The molecule has 0 spiro atoms. The van der Waals surface area contributed by atoms with Crippen molar-refractivity contribution in [3.63, 3.8) is 0 Å². The monoisotopic (exact) mass is 745 g/mol.